The summed E-state index contributed by atoms with van der Waals surface area (Å²) < 4.78 is 1.65. The van der Waals surface area contributed by atoms with E-state index in [0.29, 0.717) is 35.1 Å². The minimum Gasteiger partial charge on any atom is -0.390 e. The predicted octanol–water partition coefficient (Wildman–Crippen LogP) is 4.34. The van der Waals surface area contributed by atoms with Gasteiger partial charge in [0.1, 0.15) is 6.07 Å². The van der Waals surface area contributed by atoms with Gasteiger partial charge in [-0.3, -0.25) is 9.48 Å². The van der Waals surface area contributed by atoms with Crippen LogP contribution in [0.5, 0.6) is 0 Å². The second kappa shape index (κ2) is 6.44. The van der Waals surface area contributed by atoms with Gasteiger partial charge in [-0.2, -0.15) is 10.4 Å². The normalized spacial score (nSPS) is 49.9. The highest BCUT2D eigenvalue weighted by atomic mass is 16.3. The molecule has 0 saturated heterocycles. The number of fused-ring (bicyclic) bond motifs is 4. The molecule has 6 rings (SSSR count). The molecular weight excluding hydrogens is 386 g/mol. The van der Waals surface area contributed by atoms with Crippen molar-refractivity contribution in [3.63, 3.8) is 0 Å². The van der Waals surface area contributed by atoms with Gasteiger partial charge in [-0.15, -0.1) is 0 Å². The SMILES string of the molecule is C[C@@]1(O)CC[C@@H]2[C@H]3CC[C@]4(C)C(C(=O)Cn5cc(C#N)cn5)CC[C@H]4[C@@H]3CC[C@@]23C[C@H]31. The maximum Gasteiger partial charge on any atom is 0.157 e. The molecular formula is C26H35N3O2. The van der Waals surface area contributed by atoms with Crippen LogP contribution in [0.15, 0.2) is 12.4 Å². The van der Waals surface area contributed by atoms with Gasteiger partial charge in [0.25, 0.3) is 0 Å². The van der Waals surface area contributed by atoms with Crippen LogP contribution in [-0.2, 0) is 11.3 Å². The van der Waals surface area contributed by atoms with E-state index in [0.717, 1.165) is 30.6 Å². The fourth-order valence-electron chi connectivity index (χ4n) is 9.56. The van der Waals surface area contributed by atoms with Crippen molar-refractivity contribution < 1.29 is 9.90 Å². The van der Waals surface area contributed by atoms with Crippen LogP contribution in [0.1, 0.15) is 77.2 Å². The van der Waals surface area contributed by atoms with Gasteiger partial charge in [-0.1, -0.05) is 6.92 Å². The van der Waals surface area contributed by atoms with Crippen LogP contribution >= 0.6 is 0 Å². The minimum absolute atomic E-state index is 0.122. The van der Waals surface area contributed by atoms with Crippen LogP contribution in [-0.4, -0.2) is 26.3 Å². The molecule has 1 N–H and O–H groups in total. The Morgan fingerprint density at radius 2 is 1.94 bits per heavy atom. The fraction of sp³-hybridized carbons (Fsp3) is 0.808. The molecule has 1 unspecified atom stereocenters. The van der Waals surface area contributed by atoms with Gasteiger partial charge < -0.3 is 5.11 Å². The summed E-state index contributed by atoms with van der Waals surface area (Å²) in [5.74, 6) is 4.04. The lowest BCUT2D eigenvalue weighted by molar-refractivity contribution is -0.133. The average molecular weight is 422 g/mol. The van der Waals surface area contributed by atoms with Crippen molar-refractivity contribution in [1.82, 2.24) is 9.78 Å². The highest BCUT2D eigenvalue weighted by molar-refractivity contribution is 5.82. The lowest BCUT2D eigenvalue weighted by Gasteiger charge is -2.57. The zero-order chi connectivity index (χ0) is 21.6. The van der Waals surface area contributed by atoms with E-state index >= 15 is 0 Å². The first-order chi connectivity index (χ1) is 14.8. The minimum atomic E-state index is -0.435. The third-order valence-electron chi connectivity index (χ3n) is 11.0. The maximum atomic E-state index is 13.3. The molecule has 1 aromatic rings. The van der Waals surface area contributed by atoms with E-state index in [9.17, 15) is 9.90 Å². The summed E-state index contributed by atoms with van der Waals surface area (Å²) in [5, 5.41) is 24.1. The number of ketones is 1. The van der Waals surface area contributed by atoms with Crippen molar-refractivity contribution in [1.29, 1.82) is 5.26 Å². The Bertz CT molecular complexity index is 960. The van der Waals surface area contributed by atoms with E-state index in [1.807, 2.05) is 0 Å². The van der Waals surface area contributed by atoms with Crippen molar-refractivity contribution >= 4 is 5.78 Å². The number of carbonyl (C=O) groups is 1. The van der Waals surface area contributed by atoms with Crippen LogP contribution in [0.2, 0.25) is 0 Å². The van der Waals surface area contributed by atoms with Gasteiger partial charge >= 0.3 is 0 Å². The topological polar surface area (TPSA) is 78.9 Å². The summed E-state index contributed by atoms with van der Waals surface area (Å²) in [6.07, 6.45) is 13.9. The third kappa shape index (κ3) is 2.70. The molecule has 1 heterocycles. The molecule has 0 aromatic carbocycles. The second-order valence-electron chi connectivity index (χ2n) is 12.1. The molecule has 0 radical (unpaired) electrons. The van der Waals surface area contributed by atoms with Gasteiger partial charge in [-0.05, 0) is 105 Å². The molecule has 9 atom stereocenters. The van der Waals surface area contributed by atoms with Crippen molar-refractivity contribution in [2.24, 2.45) is 46.3 Å². The number of nitrogens with zero attached hydrogens (tertiary/aromatic N) is 3. The quantitative estimate of drug-likeness (QED) is 0.787. The molecule has 31 heavy (non-hydrogen) atoms. The van der Waals surface area contributed by atoms with E-state index in [1.54, 1.807) is 17.1 Å². The Kier molecular flexibility index (Phi) is 4.15. The molecule has 5 nitrogen and oxygen atoms in total. The van der Waals surface area contributed by atoms with Gasteiger partial charge in [-0.25, -0.2) is 0 Å². The number of aromatic nitrogens is 2. The smallest absolute Gasteiger partial charge is 0.157 e. The summed E-state index contributed by atoms with van der Waals surface area (Å²) >= 11 is 0. The number of rotatable bonds is 3. The van der Waals surface area contributed by atoms with E-state index < -0.39 is 5.60 Å². The Labute approximate surface area is 185 Å². The first-order valence-corrected chi connectivity index (χ1v) is 12.5. The zero-order valence-electron chi connectivity index (χ0n) is 18.9. The summed E-state index contributed by atoms with van der Waals surface area (Å²) in [4.78, 5) is 13.3. The summed E-state index contributed by atoms with van der Waals surface area (Å²) in [6.45, 7) is 4.79. The molecule has 0 amide bonds. The van der Waals surface area contributed by atoms with E-state index in [4.69, 9.17) is 5.26 Å². The number of hydrogen-bond acceptors (Lipinski definition) is 4. The number of Topliss-reactive ketones (excluding diaryl/α,β-unsaturated/α-hetero) is 1. The van der Waals surface area contributed by atoms with Gasteiger partial charge in [0.15, 0.2) is 5.78 Å². The molecule has 1 aromatic heterocycles. The lowest BCUT2D eigenvalue weighted by Crippen LogP contribution is -2.52. The molecule has 5 aliphatic rings. The van der Waals surface area contributed by atoms with E-state index in [2.05, 4.69) is 25.0 Å². The van der Waals surface area contributed by atoms with E-state index in [-0.39, 0.29) is 11.3 Å². The molecule has 0 bridgehead atoms. The molecule has 0 aliphatic heterocycles. The molecule has 5 saturated carbocycles. The Morgan fingerprint density at radius 1 is 1.16 bits per heavy atom. The monoisotopic (exact) mass is 421 g/mol. The number of aliphatic hydroxyl groups is 1. The van der Waals surface area contributed by atoms with Crippen LogP contribution < -0.4 is 0 Å². The van der Waals surface area contributed by atoms with Crippen molar-refractivity contribution in [2.75, 3.05) is 0 Å². The van der Waals surface area contributed by atoms with Gasteiger partial charge in [0.05, 0.1) is 23.9 Å². The molecule has 5 fully saturated rings. The van der Waals surface area contributed by atoms with Crippen LogP contribution in [0, 0.1) is 57.7 Å². The zero-order valence-corrected chi connectivity index (χ0v) is 18.9. The predicted molar refractivity (Wildman–Crippen MR) is 116 cm³/mol. The summed E-state index contributed by atoms with van der Waals surface area (Å²) in [6, 6.07) is 2.10. The van der Waals surface area contributed by atoms with Gasteiger partial charge in [0, 0.05) is 12.1 Å². The number of nitriles is 1. The van der Waals surface area contributed by atoms with Crippen LogP contribution in [0.4, 0.5) is 0 Å². The fourth-order valence-corrected chi connectivity index (χ4v) is 9.56. The average Bonchev–Trinajstić information content (AvgIpc) is 3.13. The van der Waals surface area contributed by atoms with E-state index in [1.165, 1.54) is 44.9 Å². The van der Waals surface area contributed by atoms with Crippen LogP contribution in [0.25, 0.3) is 0 Å². The molecule has 166 valence electrons. The standard InChI is InChI=1S/C26H35N3O2/c1-24-8-5-18-17(6-10-26-11-23(26)25(2,31)9-7-20(18)26)19(24)3-4-21(24)22(30)15-29-14-16(12-27)13-28-29/h13-14,17-21,23,31H,3-11,15H2,1-2H3/t17-,18+,19+,20-,21?,23+,24+,25-,26-/m1/s1. The first-order valence-electron chi connectivity index (χ1n) is 12.5. The maximum absolute atomic E-state index is 13.3. The van der Waals surface area contributed by atoms with Crippen molar-refractivity contribution in [3.8, 4) is 6.07 Å². The lowest BCUT2D eigenvalue weighted by atomic mass is 9.48. The summed E-state index contributed by atoms with van der Waals surface area (Å²) in [7, 11) is 0. The highest BCUT2D eigenvalue weighted by Crippen LogP contribution is 2.76. The third-order valence-corrected chi connectivity index (χ3v) is 11.0. The molecule has 5 heteroatoms. The van der Waals surface area contributed by atoms with Crippen LogP contribution in [0.3, 0.4) is 0 Å². The highest BCUT2D eigenvalue weighted by Gasteiger charge is 2.71. The molecule has 5 aliphatic carbocycles. The molecule has 1 spiro atoms. The Hall–Kier alpha value is -1.67. The largest absolute Gasteiger partial charge is 0.390 e. The Balaban J connectivity index is 1.20. The number of hydrogen-bond donors (Lipinski definition) is 1. The van der Waals surface area contributed by atoms with Gasteiger partial charge in [0.2, 0.25) is 0 Å². The first kappa shape index (κ1) is 20.0. The van der Waals surface area contributed by atoms with Crippen molar-refractivity contribution in [3.05, 3.63) is 18.0 Å². The Morgan fingerprint density at radius 3 is 2.71 bits per heavy atom. The number of carbonyl (C=O) groups excluding carboxylic acids is 1. The van der Waals surface area contributed by atoms with Crippen molar-refractivity contribution in [2.45, 2.75) is 83.8 Å². The second-order valence-corrected chi connectivity index (χ2v) is 12.1. The summed E-state index contributed by atoms with van der Waals surface area (Å²) in [5.41, 5.74) is 0.653.